The number of carbonyl (C=O) groups excluding carboxylic acids is 1. The Balaban J connectivity index is 0. The summed E-state index contributed by atoms with van der Waals surface area (Å²) < 4.78 is 0. The summed E-state index contributed by atoms with van der Waals surface area (Å²) in [5.41, 5.74) is 0. The molecule has 0 aliphatic heterocycles. The Morgan fingerprint density at radius 2 is 1.70 bits per heavy atom. The van der Waals surface area contributed by atoms with Crippen molar-refractivity contribution in [2.45, 2.75) is 45.4 Å². The fraction of sp³-hybridized carbons (Fsp3) is 0.875. The molecule has 0 saturated carbocycles. The van der Waals surface area contributed by atoms with Crippen LogP contribution in [-0.4, -0.2) is 29.3 Å². The van der Waals surface area contributed by atoms with Crippen molar-refractivity contribution in [3.8, 4) is 0 Å². The van der Waals surface area contributed by atoms with E-state index < -0.39 is 0 Å². The Morgan fingerprint density at radius 3 is 2.20 bits per heavy atom. The summed E-state index contributed by atoms with van der Waals surface area (Å²) in [4.78, 5) is 9.84. The summed E-state index contributed by atoms with van der Waals surface area (Å²) in [6, 6.07) is 0. The summed E-state index contributed by atoms with van der Waals surface area (Å²) in [6.45, 7) is 2.19. The highest BCUT2D eigenvalue weighted by Crippen LogP contribution is 2.02. The Hall–Kier alpha value is 0.436. The molecule has 0 radical (unpaired) electrons. The van der Waals surface area contributed by atoms with Gasteiger partial charge in [0.05, 0.1) is 0 Å². The molecule has 0 bridgehead atoms. The van der Waals surface area contributed by atoms with E-state index in [0.717, 1.165) is 19.1 Å². The minimum absolute atomic E-state index is 0. The van der Waals surface area contributed by atoms with E-state index in [1.807, 2.05) is 0 Å². The van der Waals surface area contributed by atoms with Gasteiger partial charge in [-0.25, -0.2) is 0 Å². The standard InChI is InChI=1S/C8H16O.Mg.2H/c1-2-3-4-5-6-7-8-9;;;/h8H,2-7H2,1H3;;;. The maximum absolute atomic E-state index is 9.84. The number of hydrogen-bond acceptors (Lipinski definition) is 1. The van der Waals surface area contributed by atoms with Gasteiger partial charge in [0.25, 0.3) is 0 Å². The average Bonchev–Trinajstić information content (AvgIpc) is 1.89. The van der Waals surface area contributed by atoms with Gasteiger partial charge in [-0.2, -0.15) is 0 Å². The maximum Gasteiger partial charge on any atom is 0.316 e. The molecule has 2 heteroatoms. The van der Waals surface area contributed by atoms with Gasteiger partial charge in [0.2, 0.25) is 0 Å². The molecule has 0 aromatic carbocycles. The molecule has 0 rings (SSSR count). The fourth-order valence-corrected chi connectivity index (χ4v) is 0.831. The normalized spacial score (nSPS) is 8.50. The molecule has 0 saturated heterocycles. The summed E-state index contributed by atoms with van der Waals surface area (Å²) in [7, 11) is 0. The Bertz CT molecular complexity index is 64.3. The number of rotatable bonds is 6. The van der Waals surface area contributed by atoms with Crippen LogP contribution in [0.1, 0.15) is 45.4 Å². The van der Waals surface area contributed by atoms with Crippen LogP contribution < -0.4 is 0 Å². The zero-order valence-corrected chi connectivity index (χ0v) is 6.23. The lowest BCUT2D eigenvalue weighted by Crippen LogP contribution is -1.78. The lowest BCUT2D eigenvalue weighted by Gasteiger charge is -1.93. The highest BCUT2D eigenvalue weighted by molar-refractivity contribution is 5.75. The molecular formula is C8H18MgO. The van der Waals surface area contributed by atoms with E-state index in [1.54, 1.807) is 0 Å². The molecule has 0 atom stereocenters. The first kappa shape index (κ1) is 13.1. The second-order valence-electron chi connectivity index (χ2n) is 2.37. The van der Waals surface area contributed by atoms with Crippen LogP contribution in [0.5, 0.6) is 0 Å². The molecule has 10 heavy (non-hydrogen) atoms. The SMILES string of the molecule is CCCCCCCC=O.[MgH2]. The zero-order valence-electron chi connectivity index (χ0n) is 6.23. The van der Waals surface area contributed by atoms with Gasteiger partial charge >= 0.3 is 23.1 Å². The van der Waals surface area contributed by atoms with Gasteiger partial charge in [-0.05, 0) is 6.42 Å². The van der Waals surface area contributed by atoms with Crippen molar-refractivity contribution >= 4 is 29.3 Å². The van der Waals surface area contributed by atoms with Crippen molar-refractivity contribution in [2.75, 3.05) is 0 Å². The van der Waals surface area contributed by atoms with E-state index in [9.17, 15) is 4.79 Å². The Morgan fingerprint density at radius 1 is 1.10 bits per heavy atom. The van der Waals surface area contributed by atoms with Crippen molar-refractivity contribution in [1.82, 2.24) is 0 Å². The molecule has 1 nitrogen and oxygen atoms in total. The average molecular weight is 155 g/mol. The van der Waals surface area contributed by atoms with Crippen LogP contribution in [0, 0.1) is 0 Å². The molecule has 0 unspecified atom stereocenters. The topological polar surface area (TPSA) is 17.1 Å². The molecule has 0 aliphatic carbocycles. The van der Waals surface area contributed by atoms with Crippen LogP contribution in [0.3, 0.4) is 0 Å². The summed E-state index contributed by atoms with van der Waals surface area (Å²) >= 11 is 0. The maximum atomic E-state index is 9.84. The van der Waals surface area contributed by atoms with Gasteiger partial charge in [0, 0.05) is 6.42 Å². The van der Waals surface area contributed by atoms with Crippen LogP contribution in [0.2, 0.25) is 0 Å². The molecule has 0 fully saturated rings. The highest BCUT2D eigenvalue weighted by atomic mass is 24.3. The van der Waals surface area contributed by atoms with E-state index in [-0.39, 0.29) is 23.1 Å². The first-order chi connectivity index (χ1) is 4.41. The molecule has 0 heterocycles. The zero-order chi connectivity index (χ0) is 6.95. The molecule has 0 spiro atoms. The summed E-state index contributed by atoms with van der Waals surface area (Å²) in [5.74, 6) is 0. The molecule has 0 N–H and O–H groups in total. The molecule has 58 valence electrons. The van der Waals surface area contributed by atoms with Crippen LogP contribution >= 0.6 is 0 Å². The number of aldehydes is 1. The monoisotopic (exact) mass is 154 g/mol. The van der Waals surface area contributed by atoms with E-state index in [4.69, 9.17) is 0 Å². The second-order valence-corrected chi connectivity index (χ2v) is 2.37. The predicted molar refractivity (Wildman–Crippen MR) is 48.0 cm³/mol. The van der Waals surface area contributed by atoms with Crippen molar-refractivity contribution in [1.29, 1.82) is 0 Å². The predicted octanol–water partition coefficient (Wildman–Crippen LogP) is 1.63. The van der Waals surface area contributed by atoms with Crippen LogP contribution in [0.25, 0.3) is 0 Å². The van der Waals surface area contributed by atoms with E-state index in [2.05, 4.69) is 6.92 Å². The molecule has 0 aliphatic rings. The first-order valence-electron chi connectivity index (χ1n) is 3.85. The van der Waals surface area contributed by atoms with E-state index in [1.165, 1.54) is 25.7 Å². The highest BCUT2D eigenvalue weighted by Gasteiger charge is 1.85. The van der Waals surface area contributed by atoms with Crippen molar-refractivity contribution < 1.29 is 4.79 Å². The summed E-state index contributed by atoms with van der Waals surface area (Å²) in [6.07, 6.45) is 7.97. The largest absolute Gasteiger partial charge is 0.316 e. The van der Waals surface area contributed by atoms with Gasteiger partial charge < -0.3 is 4.79 Å². The number of carbonyl (C=O) groups is 1. The third-order valence-electron chi connectivity index (χ3n) is 1.43. The third-order valence-corrected chi connectivity index (χ3v) is 1.43. The van der Waals surface area contributed by atoms with E-state index in [0.29, 0.717) is 0 Å². The third kappa shape index (κ3) is 11.3. The Labute approximate surface area is 79.7 Å². The lowest BCUT2D eigenvalue weighted by atomic mass is 10.1. The summed E-state index contributed by atoms with van der Waals surface area (Å²) in [5, 5.41) is 0. The van der Waals surface area contributed by atoms with Crippen molar-refractivity contribution in [3.63, 3.8) is 0 Å². The fourth-order valence-electron chi connectivity index (χ4n) is 0.831. The molecule has 0 aromatic rings. The smallest absolute Gasteiger partial charge is 0.303 e. The second kappa shape index (κ2) is 12.1. The van der Waals surface area contributed by atoms with Gasteiger partial charge in [0.1, 0.15) is 6.29 Å². The van der Waals surface area contributed by atoms with Crippen molar-refractivity contribution in [2.24, 2.45) is 0 Å². The first-order valence-corrected chi connectivity index (χ1v) is 3.85. The van der Waals surface area contributed by atoms with E-state index >= 15 is 0 Å². The Kier molecular flexibility index (Phi) is 15.9. The molecule has 0 aromatic heterocycles. The van der Waals surface area contributed by atoms with Crippen LogP contribution in [0.4, 0.5) is 0 Å². The van der Waals surface area contributed by atoms with Crippen LogP contribution in [0.15, 0.2) is 0 Å². The van der Waals surface area contributed by atoms with Gasteiger partial charge in [-0.15, -0.1) is 0 Å². The minimum atomic E-state index is 0. The minimum Gasteiger partial charge on any atom is -0.303 e. The van der Waals surface area contributed by atoms with Crippen molar-refractivity contribution in [3.05, 3.63) is 0 Å². The molecule has 0 amide bonds. The van der Waals surface area contributed by atoms with Gasteiger partial charge in [-0.3, -0.25) is 0 Å². The lowest BCUT2D eigenvalue weighted by molar-refractivity contribution is -0.107. The van der Waals surface area contributed by atoms with Crippen LogP contribution in [-0.2, 0) is 4.79 Å². The number of hydrogen-bond donors (Lipinski definition) is 0. The van der Waals surface area contributed by atoms with Gasteiger partial charge in [0.15, 0.2) is 0 Å². The molecular weight excluding hydrogens is 136 g/mol. The number of unbranched alkanes of at least 4 members (excludes halogenated alkanes) is 5. The quantitative estimate of drug-likeness (QED) is 0.323. The van der Waals surface area contributed by atoms with Gasteiger partial charge in [-0.1, -0.05) is 32.6 Å².